The average Bonchev–Trinajstić information content (AvgIpc) is 2.30. The summed E-state index contributed by atoms with van der Waals surface area (Å²) in [7, 11) is 0. The molecule has 0 saturated heterocycles. The fourth-order valence-corrected chi connectivity index (χ4v) is 1.29. The fraction of sp³-hybridized carbons (Fsp3) is 0.400. The summed E-state index contributed by atoms with van der Waals surface area (Å²) in [4.78, 5) is 0. The van der Waals surface area contributed by atoms with Crippen molar-refractivity contribution < 1.29 is 0 Å². The molecule has 0 aromatic carbocycles. The van der Waals surface area contributed by atoms with Crippen molar-refractivity contribution in [2.45, 2.75) is 26.8 Å². The van der Waals surface area contributed by atoms with E-state index in [1.54, 1.807) is 0 Å². The van der Waals surface area contributed by atoms with Gasteiger partial charge in [-0.15, -0.1) is 0 Å². The van der Waals surface area contributed by atoms with Crippen LogP contribution < -0.4 is 10.6 Å². The summed E-state index contributed by atoms with van der Waals surface area (Å²) in [6.45, 7) is 10.3. The molecule has 1 heterocycles. The quantitative estimate of drug-likeness (QED) is 0.567. The first kappa shape index (κ1) is 8.12. The Labute approximate surface area is 67.7 Å². The third-order valence-corrected chi connectivity index (χ3v) is 1.87. The van der Waals surface area contributed by atoms with Gasteiger partial charge in [0.15, 0.2) is 0 Å². The second kappa shape index (κ2) is 2.95. The highest BCUT2D eigenvalue weighted by Gasteiger charge is 1.96. The molecule has 0 aliphatic carbocycles. The molecule has 0 N–H and O–H groups in total. The average molecular weight is 149 g/mol. The summed E-state index contributed by atoms with van der Waals surface area (Å²) in [5.41, 5.74) is 0. The molecule has 1 heteroatoms. The molecule has 11 heavy (non-hydrogen) atoms. The van der Waals surface area contributed by atoms with Crippen LogP contribution >= 0.6 is 0 Å². The van der Waals surface area contributed by atoms with Crippen LogP contribution in [-0.4, -0.2) is 4.57 Å². The maximum Gasteiger partial charge on any atom is 0.0433 e. The molecule has 0 saturated carbocycles. The first-order valence-electron chi connectivity index (χ1n) is 3.99. The first-order valence-corrected chi connectivity index (χ1v) is 3.99. The normalized spacial score (nSPS) is 12.9. The Bertz CT molecular complexity index is 330. The highest BCUT2D eigenvalue weighted by molar-refractivity contribution is 5.20. The molecular formula is C10H15N. The number of hydrogen-bond donors (Lipinski definition) is 0. The fourth-order valence-electron chi connectivity index (χ4n) is 1.29. The third-order valence-electron chi connectivity index (χ3n) is 1.87. The van der Waals surface area contributed by atoms with Crippen LogP contribution in [0.1, 0.15) is 26.8 Å². The molecule has 0 unspecified atom stereocenters. The lowest BCUT2D eigenvalue weighted by Gasteiger charge is -2.06. The molecule has 0 amide bonds. The van der Waals surface area contributed by atoms with Gasteiger partial charge in [-0.2, -0.15) is 0 Å². The zero-order valence-corrected chi connectivity index (χ0v) is 7.46. The second-order valence-electron chi connectivity index (χ2n) is 3.02. The lowest BCUT2D eigenvalue weighted by molar-refractivity contribution is 0.588. The van der Waals surface area contributed by atoms with E-state index in [1.807, 2.05) is 6.92 Å². The van der Waals surface area contributed by atoms with E-state index >= 15 is 0 Å². The van der Waals surface area contributed by atoms with Crippen LogP contribution in [0.3, 0.4) is 0 Å². The molecule has 1 nitrogen and oxygen atoms in total. The van der Waals surface area contributed by atoms with Gasteiger partial charge in [-0.1, -0.05) is 12.7 Å². The van der Waals surface area contributed by atoms with Crippen molar-refractivity contribution in [3.05, 3.63) is 22.8 Å². The summed E-state index contributed by atoms with van der Waals surface area (Å²) in [5.74, 6) is 0. The van der Waals surface area contributed by atoms with E-state index in [2.05, 4.69) is 43.3 Å². The minimum absolute atomic E-state index is 0.525. The van der Waals surface area contributed by atoms with Crippen molar-refractivity contribution in [1.82, 2.24) is 4.57 Å². The highest BCUT2D eigenvalue weighted by atomic mass is 15.0. The van der Waals surface area contributed by atoms with Gasteiger partial charge in [0, 0.05) is 17.6 Å². The lowest BCUT2D eigenvalue weighted by Crippen LogP contribution is -2.28. The monoisotopic (exact) mass is 149 g/mol. The molecule has 0 aliphatic rings. The molecule has 0 fully saturated rings. The zero-order chi connectivity index (χ0) is 8.43. The summed E-state index contributed by atoms with van der Waals surface area (Å²) in [5, 5.41) is 2.35. The molecule has 1 rings (SSSR count). The van der Waals surface area contributed by atoms with Crippen molar-refractivity contribution in [3.63, 3.8) is 0 Å². The minimum Gasteiger partial charge on any atom is -0.345 e. The van der Waals surface area contributed by atoms with Gasteiger partial charge in [0.05, 0.1) is 0 Å². The molecule has 60 valence electrons. The van der Waals surface area contributed by atoms with Gasteiger partial charge in [-0.25, -0.2) is 0 Å². The van der Waals surface area contributed by atoms with Gasteiger partial charge in [0.1, 0.15) is 0 Å². The van der Waals surface area contributed by atoms with Gasteiger partial charge < -0.3 is 4.57 Å². The number of aromatic nitrogens is 1. The van der Waals surface area contributed by atoms with Crippen LogP contribution in [0.5, 0.6) is 0 Å². The van der Waals surface area contributed by atoms with E-state index in [4.69, 9.17) is 0 Å². The maximum absolute atomic E-state index is 3.94. The summed E-state index contributed by atoms with van der Waals surface area (Å²) >= 11 is 0. The zero-order valence-electron chi connectivity index (χ0n) is 7.46. The Morgan fingerprint density at radius 2 is 2.18 bits per heavy atom. The summed E-state index contributed by atoms with van der Waals surface area (Å²) in [6.07, 6.45) is 4.19. The largest absolute Gasteiger partial charge is 0.345 e. The van der Waals surface area contributed by atoms with Crippen molar-refractivity contribution in [2.75, 3.05) is 0 Å². The summed E-state index contributed by atoms with van der Waals surface area (Å²) in [6, 6.07) is 2.58. The second-order valence-corrected chi connectivity index (χ2v) is 3.02. The van der Waals surface area contributed by atoms with E-state index in [-0.39, 0.29) is 0 Å². The molecule has 0 spiro atoms. The standard InChI is InChI=1S/C10H15N/c1-5-10-9(4)6-7-11(10)8(2)3/h5-8H,4H2,1-3H3/b10-5+. The maximum atomic E-state index is 3.94. The van der Waals surface area contributed by atoms with Crippen molar-refractivity contribution in [1.29, 1.82) is 0 Å². The number of hydrogen-bond acceptors (Lipinski definition) is 0. The van der Waals surface area contributed by atoms with Crippen molar-refractivity contribution >= 4 is 12.7 Å². The highest BCUT2D eigenvalue weighted by Crippen LogP contribution is 1.96. The van der Waals surface area contributed by atoms with Gasteiger partial charge in [0.2, 0.25) is 0 Å². The van der Waals surface area contributed by atoms with E-state index in [1.165, 1.54) is 5.35 Å². The van der Waals surface area contributed by atoms with Crippen LogP contribution in [0.25, 0.3) is 12.7 Å². The Morgan fingerprint density at radius 3 is 2.55 bits per heavy atom. The van der Waals surface area contributed by atoms with Crippen LogP contribution in [0, 0.1) is 0 Å². The smallest absolute Gasteiger partial charge is 0.0433 e. The number of rotatable bonds is 1. The van der Waals surface area contributed by atoms with Gasteiger partial charge in [0.25, 0.3) is 0 Å². The number of nitrogens with zero attached hydrogens (tertiary/aromatic N) is 1. The Balaban J connectivity index is 3.40. The van der Waals surface area contributed by atoms with Crippen LogP contribution in [0.15, 0.2) is 12.3 Å². The predicted octanol–water partition coefficient (Wildman–Crippen LogP) is 1.28. The minimum atomic E-state index is 0.525. The Hall–Kier alpha value is -0.980. The lowest BCUT2D eigenvalue weighted by atomic mass is 10.4. The first-order chi connectivity index (χ1) is 5.16. The van der Waals surface area contributed by atoms with E-state index < -0.39 is 0 Å². The predicted molar refractivity (Wildman–Crippen MR) is 49.7 cm³/mol. The van der Waals surface area contributed by atoms with E-state index in [0.29, 0.717) is 6.04 Å². The van der Waals surface area contributed by atoms with Crippen molar-refractivity contribution in [3.8, 4) is 0 Å². The topological polar surface area (TPSA) is 4.93 Å². The molecule has 0 atom stereocenters. The molecule has 1 aromatic rings. The van der Waals surface area contributed by atoms with E-state index in [9.17, 15) is 0 Å². The van der Waals surface area contributed by atoms with E-state index in [0.717, 1.165) is 5.22 Å². The SMILES string of the molecule is C=c1ccn(C(C)C)/c1=C/C. The molecule has 1 aromatic heterocycles. The Morgan fingerprint density at radius 1 is 1.55 bits per heavy atom. The summed E-state index contributed by atoms with van der Waals surface area (Å²) < 4.78 is 2.22. The van der Waals surface area contributed by atoms with Crippen LogP contribution in [0.2, 0.25) is 0 Å². The van der Waals surface area contributed by atoms with Crippen LogP contribution in [0.4, 0.5) is 0 Å². The van der Waals surface area contributed by atoms with Gasteiger partial charge in [-0.3, -0.25) is 0 Å². The van der Waals surface area contributed by atoms with Gasteiger partial charge >= 0.3 is 0 Å². The van der Waals surface area contributed by atoms with Crippen molar-refractivity contribution in [2.24, 2.45) is 0 Å². The van der Waals surface area contributed by atoms with Gasteiger partial charge in [-0.05, 0) is 32.1 Å². The van der Waals surface area contributed by atoms with Crippen LogP contribution in [-0.2, 0) is 0 Å². The molecular weight excluding hydrogens is 134 g/mol. The Kier molecular flexibility index (Phi) is 2.18. The molecule has 0 aliphatic heterocycles. The third kappa shape index (κ3) is 1.37. The molecule has 0 radical (unpaired) electrons. The molecule has 0 bridgehead atoms.